The van der Waals surface area contributed by atoms with Crippen LogP contribution in [0.3, 0.4) is 0 Å². The summed E-state index contributed by atoms with van der Waals surface area (Å²) in [6.45, 7) is 0.427. The fourth-order valence-electron chi connectivity index (χ4n) is 1.67. The van der Waals surface area contributed by atoms with Crippen LogP contribution in [0.25, 0.3) is 0 Å². The molecule has 0 unspecified atom stereocenters. The zero-order chi connectivity index (χ0) is 13.8. The molecule has 0 aliphatic heterocycles. The summed E-state index contributed by atoms with van der Waals surface area (Å²) in [5.74, 6) is -0.106. The highest BCUT2D eigenvalue weighted by molar-refractivity contribution is 9.10. The third kappa shape index (κ3) is 3.32. The van der Waals surface area contributed by atoms with E-state index in [1.54, 1.807) is 30.3 Å². The van der Waals surface area contributed by atoms with Crippen molar-refractivity contribution in [1.29, 1.82) is 0 Å². The molecule has 5 heteroatoms. The van der Waals surface area contributed by atoms with Crippen LogP contribution in [0.5, 0.6) is 5.75 Å². The van der Waals surface area contributed by atoms with Gasteiger partial charge >= 0.3 is 0 Å². The predicted molar refractivity (Wildman–Crippen MR) is 75.8 cm³/mol. The lowest BCUT2D eigenvalue weighted by Gasteiger charge is -2.17. The van der Waals surface area contributed by atoms with E-state index in [0.29, 0.717) is 16.6 Å². The van der Waals surface area contributed by atoms with Crippen molar-refractivity contribution in [1.82, 2.24) is 9.88 Å². The number of carbonyl (C=O) groups excluding carboxylic acids is 1. The Bertz CT molecular complexity index is 587. The van der Waals surface area contributed by atoms with Crippen molar-refractivity contribution < 1.29 is 9.90 Å². The molecule has 1 N–H and O–H groups in total. The highest BCUT2D eigenvalue weighted by Gasteiger charge is 2.13. The molecule has 1 amide bonds. The van der Waals surface area contributed by atoms with Gasteiger partial charge in [0.15, 0.2) is 0 Å². The second-order valence-corrected chi connectivity index (χ2v) is 5.00. The van der Waals surface area contributed by atoms with E-state index in [0.717, 1.165) is 5.69 Å². The Kier molecular flexibility index (Phi) is 4.16. The summed E-state index contributed by atoms with van der Waals surface area (Å²) in [6.07, 6.45) is 1.69. The summed E-state index contributed by atoms with van der Waals surface area (Å²) >= 11 is 3.18. The van der Waals surface area contributed by atoms with E-state index in [9.17, 15) is 9.90 Å². The molecular formula is C14H13BrN2O2. The molecule has 0 atom stereocenters. The molecule has 0 aliphatic carbocycles. The monoisotopic (exact) mass is 320 g/mol. The highest BCUT2D eigenvalue weighted by atomic mass is 79.9. The number of pyridine rings is 1. The second-order valence-electron chi connectivity index (χ2n) is 4.15. The molecule has 2 aromatic rings. The lowest BCUT2D eigenvalue weighted by Crippen LogP contribution is -2.26. The third-order valence-electron chi connectivity index (χ3n) is 2.67. The van der Waals surface area contributed by atoms with Crippen LogP contribution < -0.4 is 0 Å². The zero-order valence-corrected chi connectivity index (χ0v) is 12.0. The lowest BCUT2D eigenvalue weighted by atomic mass is 10.2. The van der Waals surface area contributed by atoms with Gasteiger partial charge in [0.1, 0.15) is 5.75 Å². The van der Waals surface area contributed by atoms with Gasteiger partial charge in [0, 0.05) is 18.8 Å². The number of halogens is 1. The van der Waals surface area contributed by atoms with Crippen LogP contribution in [0.15, 0.2) is 47.1 Å². The molecule has 0 bridgehead atoms. The summed E-state index contributed by atoms with van der Waals surface area (Å²) in [5.41, 5.74) is 1.26. The standard InChI is InChI=1S/C14H13BrN2O2/c1-17(9-11-4-2-3-7-16-11)14(19)10-5-6-12(15)13(18)8-10/h2-8,18H,9H2,1H3. The average Bonchev–Trinajstić information content (AvgIpc) is 2.42. The topological polar surface area (TPSA) is 53.4 Å². The Morgan fingerprint density at radius 1 is 1.37 bits per heavy atom. The van der Waals surface area contributed by atoms with E-state index < -0.39 is 0 Å². The number of nitrogens with zero attached hydrogens (tertiary/aromatic N) is 2. The number of benzene rings is 1. The van der Waals surface area contributed by atoms with E-state index in [1.165, 1.54) is 6.07 Å². The molecule has 19 heavy (non-hydrogen) atoms. The normalized spacial score (nSPS) is 10.2. The van der Waals surface area contributed by atoms with Gasteiger partial charge in [-0.1, -0.05) is 6.07 Å². The number of rotatable bonds is 3. The first kappa shape index (κ1) is 13.5. The molecule has 0 fully saturated rings. The number of phenols is 1. The molecule has 0 radical (unpaired) electrons. The van der Waals surface area contributed by atoms with Gasteiger partial charge in [0.05, 0.1) is 16.7 Å². The quantitative estimate of drug-likeness (QED) is 0.946. The molecule has 1 aromatic carbocycles. The van der Waals surface area contributed by atoms with Gasteiger partial charge in [0.2, 0.25) is 0 Å². The largest absolute Gasteiger partial charge is 0.507 e. The molecule has 0 spiro atoms. The van der Waals surface area contributed by atoms with Crippen LogP contribution in [-0.2, 0) is 6.54 Å². The van der Waals surface area contributed by atoms with E-state index in [-0.39, 0.29) is 11.7 Å². The van der Waals surface area contributed by atoms with Gasteiger partial charge in [-0.05, 0) is 46.3 Å². The molecule has 98 valence electrons. The minimum Gasteiger partial charge on any atom is -0.507 e. The van der Waals surface area contributed by atoms with Gasteiger partial charge in [-0.3, -0.25) is 9.78 Å². The number of carbonyl (C=O) groups is 1. The van der Waals surface area contributed by atoms with Crippen LogP contribution >= 0.6 is 15.9 Å². The first-order valence-electron chi connectivity index (χ1n) is 5.72. The third-order valence-corrected chi connectivity index (χ3v) is 3.34. The molecule has 0 saturated heterocycles. The molecule has 0 saturated carbocycles. The SMILES string of the molecule is CN(Cc1ccccn1)C(=O)c1ccc(Br)c(O)c1. The van der Waals surface area contributed by atoms with Crippen molar-refractivity contribution in [3.8, 4) is 5.75 Å². The maximum atomic E-state index is 12.2. The smallest absolute Gasteiger partial charge is 0.254 e. The van der Waals surface area contributed by atoms with Crippen LogP contribution in [0, 0.1) is 0 Å². The number of aromatic hydroxyl groups is 1. The number of aromatic nitrogens is 1. The van der Waals surface area contributed by atoms with E-state index in [2.05, 4.69) is 20.9 Å². The highest BCUT2D eigenvalue weighted by Crippen LogP contribution is 2.24. The molecule has 2 rings (SSSR count). The minimum atomic E-state index is -0.159. The van der Waals surface area contributed by atoms with Crippen LogP contribution in [0.4, 0.5) is 0 Å². The summed E-state index contributed by atoms with van der Waals surface area (Å²) in [5, 5.41) is 9.59. The first-order valence-corrected chi connectivity index (χ1v) is 6.51. The fraction of sp³-hybridized carbons (Fsp3) is 0.143. The van der Waals surface area contributed by atoms with Gasteiger partial charge in [-0.25, -0.2) is 0 Å². The Morgan fingerprint density at radius 2 is 2.16 bits per heavy atom. The lowest BCUT2D eigenvalue weighted by molar-refractivity contribution is 0.0783. The summed E-state index contributed by atoms with van der Waals surface area (Å²) in [6, 6.07) is 10.3. The molecule has 0 aliphatic rings. The van der Waals surface area contributed by atoms with Gasteiger partial charge in [-0.15, -0.1) is 0 Å². The Labute approximate surface area is 119 Å². The van der Waals surface area contributed by atoms with Gasteiger partial charge < -0.3 is 10.0 Å². The van der Waals surface area contributed by atoms with Gasteiger partial charge in [-0.2, -0.15) is 0 Å². The molecule has 1 aromatic heterocycles. The zero-order valence-electron chi connectivity index (χ0n) is 10.4. The number of phenolic OH excluding ortho intramolecular Hbond substituents is 1. The van der Waals surface area contributed by atoms with Crippen molar-refractivity contribution in [2.75, 3.05) is 7.05 Å². The van der Waals surface area contributed by atoms with E-state index in [4.69, 9.17) is 0 Å². The molecule has 1 heterocycles. The maximum absolute atomic E-state index is 12.2. The number of hydrogen-bond donors (Lipinski definition) is 1. The van der Waals surface area contributed by atoms with Crippen molar-refractivity contribution in [2.45, 2.75) is 6.54 Å². The maximum Gasteiger partial charge on any atom is 0.254 e. The van der Waals surface area contributed by atoms with Crippen molar-refractivity contribution in [3.05, 3.63) is 58.3 Å². The molecule has 4 nitrogen and oxygen atoms in total. The van der Waals surface area contributed by atoms with Crippen LogP contribution in [0.2, 0.25) is 0 Å². The van der Waals surface area contributed by atoms with Crippen molar-refractivity contribution in [3.63, 3.8) is 0 Å². The minimum absolute atomic E-state index is 0.0529. The molecular weight excluding hydrogens is 308 g/mol. The van der Waals surface area contributed by atoms with E-state index >= 15 is 0 Å². The van der Waals surface area contributed by atoms with Crippen molar-refractivity contribution in [2.24, 2.45) is 0 Å². The Morgan fingerprint density at radius 3 is 2.79 bits per heavy atom. The Balaban J connectivity index is 2.12. The summed E-state index contributed by atoms with van der Waals surface area (Å²) in [4.78, 5) is 17.9. The van der Waals surface area contributed by atoms with Crippen LogP contribution in [0.1, 0.15) is 16.1 Å². The average molecular weight is 321 g/mol. The summed E-state index contributed by atoms with van der Waals surface area (Å²) < 4.78 is 0.566. The Hall–Kier alpha value is -1.88. The second kappa shape index (κ2) is 5.84. The fourth-order valence-corrected chi connectivity index (χ4v) is 1.92. The predicted octanol–water partition coefficient (Wildman–Crippen LogP) is 2.82. The van der Waals surface area contributed by atoms with Crippen LogP contribution in [-0.4, -0.2) is 27.9 Å². The summed E-state index contributed by atoms with van der Waals surface area (Å²) in [7, 11) is 1.70. The van der Waals surface area contributed by atoms with Crippen molar-refractivity contribution >= 4 is 21.8 Å². The van der Waals surface area contributed by atoms with Gasteiger partial charge in [0.25, 0.3) is 5.91 Å². The first-order chi connectivity index (χ1) is 9.08. The number of amides is 1. The van der Waals surface area contributed by atoms with E-state index in [1.807, 2.05) is 18.2 Å². The number of hydrogen-bond acceptors (Lipinski definition) is 3.